The van der Waals surface area contributed by atoms with Gasteiger partial charge in [-0.3, -0.25) is 4.90 Å². The number of benzene rings is 1. The molecular weight excluding hydrogens is 288 g/mol. The van der Waals surface area contributed by atoms with Gasteiger partial charge in [0.2, 0.25) is 0 Å². The highest BCUT2D eigenvalue weighted by atomic mass is 79.9. The van der Waals surface area contributed by atoms with Gasteiger partial charge in [0.05, 0.1) is 0 Å². The second-order valence-electron chi connectivity index (χ2n) is 4.31. The van der Waals surface area contributed by atoms with E-state index in [1.54, 1.807) is 0 Å². The van der Waals surface area contributed by atoms with Gasteiger partial charge in [0.25, 0.3) is 0 Å². The number of rotatable bonds is 0. The zero-order valence-corrected chi connectivity index (χ0v) is 11.3. The van der Waals surface area contributed by atoms with Crippen LogP contribution in [0.4, 0.5) is 0 Å². The molecule has 0 radical (unpaired) electrons. The van der Waals surface area contributed by atoms with Crippen LogP contribution in [0.3, 0.4) is 0 Å². The normalized spacial score (nSPS) is 16.7. The molecule has 16 heavy (non-hydrogen) atoms. The number of halogens is 2. The molecule has 3 rings (SSSR count). The first kappa shape index (κ1) is 10.6. The molecule has 2 aromatic rings. The third-order valence-corrected chi connectivity index (χ3v) is 4.31. The highest BCUT2D eigenvalue weighted by Crippen LogP contribution is 2.34. The smallest absolute Gasteiger partial charge is 0.0496 e. The van der Waals surface area contributed by atoms with E-state index in [0.717, 1.165) is 24.7 Å². The Labute approximate surface area is 108 Å². The molecule has 0 saturated carbocycles. The summed E-state index contributed by atoms with van der Waals surface area (Å²) in [5, 5.41) is 2.02. The quantitative estimate of drug-likeness (QED) is 0.723. The Balaban J connectivity index is 2.31. The summed E-state index contributed by atoms with van der Waals surface area (Å²) in [7, 11) is 2.15. The number of aromatic nitrogens is 1. The van der Waals surface area contributed by atoms with Gasteiger partial charge in [-0.2, -0.15) is 0 Å². The number of hydrogen-bond acceptors (Lipinski definition) is 1. The first-order valence-electron chi connectivity index (χ1n) is 5.31. The summed E-state index contributed by atoms with van der Waals surface area (Å²) in [4.78, 5) is 2.33. The highest BCUT2D eigenvalue weighted by Gasteiger charge is 2.20. The van der Waals surface area contributed by atoms with E-state index in [0.29, 0.717) is 0 Å². The molecule has 1 aromatic carbocycles. The van der Waals surface area contributed by atoms with Gasteiger partial charge in [0.15, 0.2) is 0 Å². The van der Waals surface area contributed by atoms with Crippen LogP contribution in [0.5, 0.6) is 0 Å². The Hall–Kier alpha value is -0.510. The van der Waals surface area contributed by atoms with Gasteiger partial charge in [-0.05, 0) is 41.2 Å². The molecule has 1 aromatic heterocycles. The highest BCUT2D eigenvalue weighted by molar-refractivity contribution is 9.10. The lowest BCUT2D eigenvalue weighted by molar-refractivity contribution is 0.272. The standard InChI is InChI=1S/C12H12BrClN2/c1-15-4-5-16-10-3-2-8(14)6-9(10)12(13)11(16)7-15/h2-3,6H,4-5,7H2,1H3. The Kier molecular flexibility index (Phi) is 2.50. The van der Waals surface area contributed by atoms with Crippen LogP contribution in [-0.2, 0) is 13.1 Å². The van der Waals surface area contributed by atoms with E-state index >= 15 is 0 Å². The maximum atomic E-state index is 6.04. The molecule has 1 aliphatic heterocycles. The van der Waals surface area contributed by atoms with E-state index in [1.165, 1.54) is 21.1 Å². The molecule has 1 aliphatic rings. The summed E-state index contributed by atoms with van der Waals surface area (Å²) in [5.74, 6) is 0. The van der Waals surface area contributed by atoms with E-state index < -0.39 is 0 Å². The van der Waals surface area contributed by atoms with Crippen LogP contribution in [0, 0.1) is 0 Å². The molecule has 0 fully saturated rings. The third-order valence-electron chi connectivity index (χ3n) is 3.19. The summed E-state index contributed by atoms with van der Waals surface area (Å²) >= 11 is 9.74. The summed E-state index contributed by atoms with van der Waals surface area (Å²) in [5.41, 5.74) is 2.63. The van der Waals surface area contributed by atoms with Crippen LogP contribution in [-0.4, -0.2) is 23.1 Å². The second kappa shape index (κ2) is 3.76. The summed E-state index contributed by atoms with van der Waals surface area (Å²) < 4.78 is 3.58. The van der Waals surface area contributed by atoms with Crippen molar-refractivity contribution in [3.05, 3.63) is 33.4 Å². The molecule has 0 bridgehead atoms. The lowest BCUT2D eigenvalue weighted by Crippen LogP contribution is -2.30. The predicted molar refractivity (Wildman–Crippen MR) is 71.0 cm³/mol. The van der Waals surface area contributed by atoms with Crippen molar-refractivity contribution in [2.75, 3.05) is 13.6 Å². The lowest BCUT2D eigenvalue weighted by atomic mass is 10.2. The van der Waals surface area contributed by atoms with Gasteiger partial charge in [-0.15, -0.1) is 0 Å². The predicted octanol–water partition coefficient (Wildman–Crippen LogP) is 3.50. The van der Waals surface area contributed by atoms with Crippen LogP contribution < -0.4 is 0 Å². The molecule has 0 amide bonds. The van der Waals surface area contributed by atoms with Crippen molar-refractivity contribution >= 4 is 38.4 Å². The number of hydrogen-bond donors (Lipinski definition) is 0. The van der Waals surface area contributed by atoms with Crippen LogP contribution in [0.2, 0.25) is 5.02 Å². The van der Waals surface area contributed by atoms with Crippen LogP contribution >= 0.6 is 27.5 Å². The maximum Gasteiger partial charge on any atom is 0.0496 e. The Morgan fingerprint density at radius 3 is 2.94 bits per heavy atom. The molecule has 2 heterocycles. The minimum Gasteiger partial charge on any atom is -0.341 e. The second-order valence-corrected chi connectivity index (χ2v) is 5.54. The van der Waals surface area contributed by atoms with Crippen LogP contribution in [0.25, 0.3) is 10.9 Å². The number of nitrogens with zero attached hydrogens (tertiary/aromatic N) is 2. The first-order valence-corrected chi connectivity index (χ1v) is 6.48. The average molecular weight is 300 g/mol. The van der Waals surface area contributed by atoms with E-state index in [2.05, 4.69) is 38.5 Å². The minimum absolute atomic E-state index is 0.796. The first-order chi connectivity index (χ1) is 7.66. The van der Waals surface area contributed by atoms with Crippen molar-refractivity contribution in [2.45, 2.75) is 13.1 Å². The largest absolute Gasteiger partial charge is 0.341 e. The molecule has 4 heteroatoms. The van der Waals surface area contributed by atoms with Gasteiger partial charge < -0.3 is 4.57 Å². The fourth-order valence-electron chi connectivity index (χ4n) is 2.35. The van der Waals surface area contributed by atoms with Crippen LogP contribution in [0.15, 0.2) is 22.7 Å². The molecule has 2 nitrogen and oxygen atoms in total. The van der Waals surface area contributed by atoms with Crippen LogP contribution in [0.1, 0.15) is 5.69 Å². The fraction of sp³-hybridized carbons (Fsp3) is 0.333. The van der Waals surface area contributed by atoms with Gasteiger partial charge in [0.1, 0.15) is 0 Å². The molecule has 0 aliphatic carbocycles. The van der Waals surface area contributed by atoms with E-state index in [-0.39, 0.29) is 0 Å². The van der Waals surface area contributed by atoms with Crippen molar-refractivity contribution < 1.29 is 0 Å². The third kappa shape index (κ3) is 1.50. The molecule has 0 atom stereocenters. The number of fused-ring (bicyclic) bond motifs is 3. The van der Waals surface area contributed by atoms with Crippen molar-refractivity contribution in [1.82, 2.24) is 9.47 Å². The van der Waals surface area contributed by atoms with Gasteiger partial charge >= 0.3 is 0 Å². The van der Waals surface area contributed by atoms with Crippen molar-refractivity contribution in [3.8, 4) is 0 Å². The molecule has 0 N–H and O–H groups in total. The van der Waals surface area contributed by atoms with Crippen molar-refractivity contribution in [1.29, 1.82) is 0 Å². The van der Waals surface area contributed by atoms with Crippen molar-refractivity contribution in [3.63, 3.8) is 0 Å². The Morgan fingerprint density at radius 1 is 1.31 bits per heavy atom. The summed E-state index contributed by atoms with van der Waals surface area (Å²) in [6.07, 6.45) is 0. The van der Waals surface area contributed by atoms with Gasteiger partial charge in [-0.1, -0.05) is 11.6 Å². The van der Waals surface area contributed by atoms with Gasteiger partial charge in [0, 0.05) is 45.7 Å². The summed E-state index contributed by atoms with van der Waals surface area (Å²) in [6, 6.07) is 6.10. The summed E-state index contributed by atoms with van der Waals surface area (Å²) in [6.45, 7) is 3.15. The molecule has 0 unspecified atom stereocenters. The fourth-order valence-corrected chi connectivity index (χ4v) is 3.18. The Bertz CT molecular complexity index is 562. The molecule has 0 saturated heterocycles. The molecule has 84 valence electrons. The Morgan fingerprint density at radius 2 is 2.12 bits per heavy atom. The molecule has 0 spiro atoms. The molecular formula is C12H12BrClN2. The van der Waals surface area contributed by atoms with Crippen molar-refractivity contribution in [2.24, 2.45) is 0 Å². The zero-order chi connectivity index (χ0) is 11.3. The van der Waals surface area contributed by atoms with E-state index in [4.69, 9.17) is 11.6 Å². The van der Waals surface area contributed by atoms with E-state index in [1.807, 2.05) is 12.1 Å². The number of likely N-dealkylation sites (N-methyl/N-ethyl adjacent to an activating group) is 1. The maximum absolute atomic E-state index is 6.04. The zero-order valence-electron chi connectivity index (χ0n) is 9.00. The minimum atomic E-state index is 0.796. The topological polar surface area (TPSA) is 8.17 Å². The monoisotopic (exact) mass is 298 g/mol. The van der Waals surface area contributed by atoms with Gasteiger partial charge in [-0.25, -0.2) is 0 Å². The lowest BCUT2D eigenvalue weighted by Gasteiger charge is -2.25. The SMILES string of the molecule is CN1CCn2c(c(Br)c3cc(Cl)ccc32)C1. The average Bonchev–Trinajstić information content (AvgIpc) is 2.53. The van der Waals surface area contributed by atoms with E-state index in [9.17, 15) is 0 Å².